The minimum Gasteiger partial charge on any atom is -0.383 e. The van der Waals surface area contributed by atoms with E-state index in [1.807, 2.05) is 6.07 Å². The molecule has 154 valence electrons. The highest BCUT2D eigenvalue weighted by atomic mass is 127. The number of hydrogen-bond acceptors (Lipinski definition) is 4. The molecule has 0 aliphatic carbocycles. The second-order valence-electron chi connectivity index (χ2n) is 6.54. The fourth-order valence-corrected chi connectivity index (χ4v) is 3.10. The van der Waals surface area contributed by atoms with Gasteiger partial charge in [0.2, 0.25) is 0 Å². The lowest BCUT2D eigenvalue weighted by Crippen LogP contribution is -2.48. The topological polar surface area (TPSA) is 58.1 Å². The molecule has 0 saturated carbocycles. The molecule has 1 aliphatic rings. The van der Waals surface area contributed by atoms with E-state index in [1.165, 1.54) is 6.07 Å². The van der Waals surface area contributed by atoms with Crippen LogP contribution in [-0.4, -0.2) is 64.4 Å². The summed E-state index contributed by atoms with van der Waals surface area (Å²) in [5.74, 6) is 0.538. The maximum atomic E-state index is 13.7. The van der Waals surface area contributed by atoms with Crippen LogP contribution < -0.4 is 10.6 Å². The average Bonchev–Trinajstić information content (AvgIpc) is 2.67. The van der Waals surface area contributed by atoms with Gasteiger partial charge in [-0.3, -0.25) is 4.99 Å². The molecule has 2 N–H and O–H groups in total. The first-order valence-corrected chi connectivity index (χ1v) is 9.11. The second-order valence-corrected chi connectivity index (χ2v) is 6.54. The van der Waals surface area contributed by atoms with Gasteiger partial charge < -0.3 is 25.0 Å². The van der Waals surface area contributed by atoms with Gasteiger partial charge in [-0.15, -0.1) is 24.0 Å². The number of likely N-dealkylation sites (tertiary alicyclic amines) is 1. The Bertz CT molecular complexity index is 581. The third-order valence-corrected chi connectivity index (χ3v) is 4.63. The van der Waals surface area contributed by atoms with Gasteiger partial charge in [-0.1, -0.05) is 6.07 Å². The van der Waals surface area contributed by atoms with Crippen LogP contribution in [0.15, 0.2) is 23.2 Å². The van der Waals surface area contributed by atoms with E-state index < -0.39 is 0 Å². The van der Waals surface area contributed by atoms with Crippen LogP contribution in [0.4, 0.5) is 4.39 Å². The van der Waals surface area contributed by atoms with Crippen molar-refractivity contribution >= 4 is 29.9 Å². The Morgan fingerprint density at radius 1 is 1.26 bits per heavy atom. The number of ether oxygens (including phenoxy) is 2. The third kappa shape index (κ3) is 8.28. The number of benzene rings is 1. The second kappa shape index (κ2) is 13.2. The number of halogens is 2. The third-order valence-electron chi connectivity index (χ3n) is 4.63. The average molecular weight is 494 g/mol. The number of guanidine groups is 1. The summed E-state index contributed by atoms with van der Waals surface area (Å²) < 4.78 is 23.9. The van der Waals surface area contributed by atoms with Gasteiger partial charge in [-0.2, -0.15) is 0 Å². The van der Waals surface area contributed by atoms with Gasteiger partial charge >= 0.3 is 0 Å². The molecule has 0 spiro atoms. The molecule has 2 rings (SSSR count). The fourth-order valence-electron chi connectivity index (χ4n) is 3.10. The summed E-state index contributed by atoms with van der Waals surface area (Å²) in [7, 11) is 5.07. The van der Waals surface area contributed by atoms with Crippen molar-refractivity contribution in [1.82, 2.24) is 15.5 Å². The molecular weight excluding hydrogens is 462 g/mol. The van der Waals surface area contributed by atoms with Crippen LogP contribution in [0.25, 0.3) is 0 Å². The van der Waals surface area contributed by atoms with E-state index in [0.29, 0.717) is 18.2 Å². The number of nitrogens with zero attached hydrogens (tertiary/aromatic N) is 2. The van der Waals surface area contributed by atoms with Crippen LogP contribution in [0.3, 0.4) is 0 Å². The van der Waals surface area contributed by atoms with Gasteiger partial charge in [0.25, 0.3) is 0 Å². The number of piperidine rings is 1. The van der Waals surface area contributed by atoms with Gasteiger partial charge in [0.1, 0.15) is 5.82 Å². The Hall–Kier alpha value is -0.970. The summed E-state index contributed by atoms with van der Waals surface area (Å²) in [5, 5.41) is 6.80. The van der Waals surface area contributed by atoms with Crippen LogP contribution in [0.1, 0.15) is 24.0 Å². The molecule has 1 aromatic rings. The van der Waals surface area contributed by atoms with Crippen molar-refractivity contribution in [2.75, 3.05) is 47.5 Å². The summed E-state index contributed by atoms with van der Waals surface area (Å²) in [6.07, 6.45) is 2.16. The molecule has 0 aromatic heterocycles. The summed E-state index contributed by atoms with van der Waals surface area (Å²) in [4.78, 5) is 6.73. The minimum absolute atomic E-state index is 0. The van der Waals surface area contributed by atoms with Crippen molar-refractivity contribution in [2.45, 2.75) is 32.0 Å². The largest absolute Gasteiger partial charge is 0.383 e. The number of hydrogen-bond donors (Lipinski definition) is 2. The molecule has 0 atom stereocenters. The molecule has 1 aromatic carbocycles. The summed E-state index contributed by atoms with van der Waals surface area (Å²) in [5.41, 5.74) is 1.56. The highest BCUT2D eigenvalue weighted by Crippen LogP contribution is 2.12. The molecule has 27 heavy (non-hydrogen) atoms. The van der Waals surface area contributed by atoms with Crippen LogP contribution in [-0.2, 0) is 22.6 Å². The molecule has 0 amide bonds. The van der Waals surface area contributed by atoms with Crippen molar-refractivity contribution in [2.24, 2.45) is 4.99 Å². The molecule has 6 nitrogen and oxygen atoms in total. The van der Waals surface area contributed by atoms with Crippen LogP contribution in [0.5, 0.6) is 0 Å². The summed E-state index contributed by atoms with van der Waals surface area (Å²) >= 11 is 0. The van der Waals surface area contributed by atoms with Crippen LogP contribution in [0.2, 0.25) is 0 Å². The molecule has 1 heterocycles. The number of nitrogens with one attached hydrogen (secondary N) is 2. The molecule has 1 saturated heterocycles. The lowest BCUT2D eigenvalue weighted by atomic mass is 10.1. The van der Waals surface area contributed by atoms with Crippen molar-refractivity contribution in [3.8, 4) is 0 Å². The van der Waals surface area contributed by atoms with Crippen molar-refractivity contribution in [1.29, 1.82) is 0 Å². The van der Waals surface area contributed by atoms with Crippen LogP contribution >= 0.6 is 24.0 Å². The van der Waals surface area contributed by atoms with Gasteiger partial charge in [0.15, 0.2) is 5.96 Å². The molecule has 1 fully saturated rings. The molecule has 0 unspecified atom stereocenters. The normalized spacial score (nSPS) is 16.1. The first-order valence-electron chi connectivity index (χ1n) is 9.11. The monoisotopic (exact) mass is 494 g/mol. The van der Waals surface area contributed by atoms with Crippen molar-refractivity contribution < 1.29 is 13.9 Å². The minimum atomic E-state index is -0.238. The zero-order valence-electron chi connectivity index (χ0n) is 16.5. The van der Waals surface area contributed by atoms with E-state index in [1.54, 1.807) is 27.3 Å². The summed E-state index contributed by atoms with van der Waals surface area (Å²) in [6.45, 7) is 4.76. The summed E-state index contributed by atoms with van der Waals surface area (Å²) in [6, 6.07) is 5.51. The highest BCUT2D eigenvalue weighted by Gasteiger charge is 2.19. The smallest absolute Gasteiger partial charge is 0.191 e. The zero-order chi connectivity index (χ0) is 18.8. The molecule has 8 heteroatoms. The Kier molecular flexibility index (Phi) is 11.8. The van der Waals surface area contributed by atoms with Crippen molar-refractivity contribution in [3.05, 3.63) is 35.1 Å². The van der Waals surface area contributed by atoms with E-state index in [2.05, 4.69) is 20.5 Å². The quantitative estimate of drug-likeness (QED) is 0.330. The van der Waals surface area contributed by atoms with Gasteiger partial charge in [0, 0.05) is 59.1 Å². The SMILES string of the molecule is CN=C(NCc1ccc(F)c(COC)c1)NC1CCN(CCOC)CC1.I. The molecule has 0 bridgehead atoms. The Morgan fingerprint density at radius 2 is 2.00 bits per heavy atom. The van der Waals surface area contributed by atoms with Gasteiger partial charge in [-0.25, -0.2) is 4.39 Å². The van der Waals surface area contributed by atoms with E-state index in [0.717, 1.165) is 50.6 Å². The predicted octanol–water partition coefficient (Wildman–Crippen LogP) is 2.37. The Morgan fingerprint density at radius 3 is 2.63 bits per heavy atom. The van der Waals surface area contributed by atoms with E-state index in [-0.39, 0.29) is 36.4 Å². The fraction of sp³-hybridized carbons (Fsp3) is 0.632. The predicted molar refractivity (Wildman–Crippen MR) is 117 cm³/mol. The standard InChI is InChI=1S/C19H31FN4O2.HI/c1-21-19(23-17-6-8-24(9-7-17)10-11-25-2)22-13-15-4-5-18(20)16(12-15)14-26-3;/h4-5,12,17H,6-11,13-14H2,1-3H3,(H2,21,22,23);1H. The van der Waals surface area contributed by atoms with Crippen molar-refractivity contribution in [3.63, 3.8) is 0 Å². The van der Waals surface area contributed by atoms with Crippen LogP contribution in [0, 0.1) is 5.82 Å². The highest BCUT2D eigenvalue weighted by molar-refractivity contribution is 14.0. The number of rotatable bonds is 8. The maximum absolute atomic E-state index is 13.7. The first-order chi connectivity index (χ1) is 12.7. The maximum Gasteiger partial charge on any atom is 0.191 e. The zero-order valence-corrected chi connectivity index (χ0v) is 18.8. The van der Waals surface area contributed by atoms with Gasteiger partial charge in [-0.05, 0) is 30.5 Å². The molecule has 1 aliphatic heterocycles. The van der Waals surface area contributed by atoms with E-state index in [4.69, 9.17) is 9.47 Å². The Labute approximate surface area is 178 Å². The molecule has 0 radical (unpaired) electrons. The molecular formula is C19H32FIN4O2. The lowest BCUT2D eigenvalue weighted by molar-refractivity contribution is 0.128. The number of methoxy groups -OCH3 is 2. The van der Waals surface area contributed by atoms with Gasteiger partial charge in [0.05, 0.1) is 13.2 Å². The first kappa shape index (κ1) is 24.1. The van der Waals surface area contributed by atoms with E-state index >= 15 is 0 Å². The number of aliphatic imine (C=N–C) groups is 1. The van der Waals surface area contributed by atoms with E-state index in [9.17, 15) is 4.39 Å². The lowest BCUT2D eigenvalue weighted by Gasteiger charge is -2.32. The Balaban J connectivity index is 0.00000364.